The van der Waals surface area contributed by atoms with Crippen LogP contribution in [0.4, 0.5) is 4.79 Å². The molecule has 3 saturated heterocycles. The Kier molecular flexibility index (Phi) is 4.67. The molecule has 4 aliphatic rings. The van der Waals surface area contributed by atoms with Crippen LogP contribution >= 0.6 is 0 Å². The largest absolute Gasteiger partial charge is 0.334 e. The first-order valence-electron chi connectivity index (χ1n) is 10.2. The number of hydrogen-bond acceptors (Lipinski definition) is 4. The van der Waals surface area contributed by atoms with Crippen molar-refractivity contribution in [1.82, 2.24) is 20.4 Å². The molecule has 1 spiro atoms. The molecule has 2 atom stereocenters. The van der Waals surface area contributed by atoms with E-state index in [0.717, 1.165) is 51.6 Å². The van der Waals surface area contributed by atoms with Gasteiger partial charge in [0.2, 0.25) is 5.91 Å². The average Bonchev–Trinajstić information content (AvgIpc) is 3.02. The van der Waals surface area contributed by atoms with E-state index in [1.54, 1.807) is 0 Å². The van der Waals surface area contributed by atoms with Crippen molar-refractivity contribution in [2.45, 2.75) is 75.9 Å². The number of urea groups is 1. The normalized spacial score (nSPS) is 37.2. The molecular weight excluding hydrogens is 332 g/mol. The van der Waals surface area contributed by atoms with Gasteiger partial charge in [-0.3, -0.25) is 14.5 Å². The maximum Gasteiger partial charge on any atom is 0.325 e. The lowest BCUT2D eigenvalue weighted by atomic mass is 9.75. The van der Waals surface area contributed by atoms with Crippen LogP contribution in [-0.2, 0) is 9.59 Å². The molecule has 4 rings (SSSR count). The molecule has 2 bridgehead atoms. The SMILES string of the molecule is CCC1CCC2(CC1)NC(=O)N(CC(=O)N1C3CCNCC1CC3)C2=O. The molecule has 0 aromatic rings. The van der Waals surface area contributed by atoms with Crippen LogP contribution < -0.4 is 10.6 Å². The number of hydrogen-bond donors (Lipinski definition) is 2. The minimum atomic E-state index is -0.762. The summed E-state index contributed by atoms with van der Waals surface area (Å²) in [6.45, 7) is 3.80. The van der Waals surface area contributed by atoms with Crippen molar-refractivity contribution in [3.05, 3.63) is 0 Å². The molecule has 4 amide bonds. The molecule has 0 aromatic heterocycles. The van der Waals surface area contributed by atoms with Crippen molar-refractivity contribution < 1.29 is 14.4 Å². The fourth-order valence-electron chi connectivity index (χ4n) is 5.34. The molecule has 3 aliphatic heterocycles. The van der Waals surface area contributed by atoms with Crippen molar-refractivity contribution in [2.75, 3.05) is 19.6 Å². The van der Waals surface area contributed by atoms with E-state index >= 15 is 0 Å². The van der Waals surface area contributed by atoms with E-state index in [0.29, 0.717) is 18.8 Å². The second-order valence-electron chi connectivity index (χ2n) is 8.43. The molecule has 144 valence electrons. The highest BCUT2D eigenvalue weighted by molar-refractivity contribution is 6.09. The van der Waals surface area contributed by atoms with E-state index in [2.05, 4.69) is 17.6 Å². The Balaban J connectivity index is 1.44. The van der Waals surface area contributed by atoms with Gasteiger partial charge in [0, 0.05) is 18.6 Å². The molecule has 2 unspecified atom stereocenters. The smallest absolute Gasteiger partial charge is 0.325 e. The highest BCUT2D eigenvalue weighted by Gasteiger charge is 2.53. The summed E-state index contributed by atoms with van der Waals surface area (Å²) in [6.07, 6.45) is 7.42. The van der Waals surface area contributed by atoms with Crippen LogP contribution in [0.2, 0.25) is 0 Å². The Bertz CT molecular complexity index is 586. The lowest BCUT2D eigenvalue weighted by molar-refractivity contribution is -0.141. The Morgan fingerprint density at radius 1 is 1.12 bits per heavy atom. The van der Waals surface area contributed by atoms with Gasteiger partial charge in [0.05, 0.1) is 0 Å². The summed E-state index contributed by atoms with van der Waals surface area (Å²) in [5.74, 6) is 0.371. The third-order valence-electron chi connectivity index (χ3n) is 7.02. The first-order chi connectivity index (χ1) is 12.5. The molecular formula is C19H30N4O3. The topological polar surface area (TPSA) is 81.8 Å². The van der Waals surface area contributed by atoms with E-state index in [4.69, 9.17) is 0 Å². The van der Waals surface area contributed by atoms with Gasteiger partial charge in [0.15, 0.2) is 0 Å². The molecule has 1 aliphatic carbocycles. The van der Waals surface area contributed by atoms with Crippen LogP contribution in [0.5, 0.6) is 0 Å². The summed E-state index contributed by atoms with van der Waals surface area (Å²) >= 11 is 0. The van der Waals surface area contributed by atoms with Gasteiger partial charge in [-0.25, -0.2) is 4.79 Å². The number of carbonyl (C=O) groups is 3. The second-order valence-corrected chi connectivity index (χ2v) is 8.43. The summed E-state index contributed by atoms with van der Waals surface area (Å²) in [5.41, 5.74) is -0.762. The second kappa shape index (κ2) is 6.83. The van der Waals surface area contributed by atoms with E-state index in [1.807, 2.05) is 4.90 Å². The minimum absolute atomic E-state index is 0.0796. The van der Waals surface area contributed by atoms with E-state index in [9.17, 15) is 14.4 Å². The highest BCUT2D eigenvalue weighted by Crippen LogP contribution is 2.38. The summed E-state index contributed by atoms with van der Waals surface area (Å²) in [4.78, 5) is 41.6. The van der Waals surface area contributed by atoms with Crippen LogP contribution in [-0.4, -0.2) is 64.9 Å². The van der Waals surface area contributed by atoms with Gasteiger partial charge in [-0.05, 0) is 57.4 Å². The highest BCUT2D eigenvalue weighted by atomic mass is 16.2. The third kappa shape index (κ3) is 2.90. The Hall–Kier alpha value is -1.63. The van der Waals surface area contributed by atoms with Gasteiger partial charge in [-0.1, -0.05) is 13.3 Å². The Morgan fingerprint density at radius 2 is 1.85 bits per heavy atom. The fourth-order valence-corrected chi connectivity index (χ4v) is 5.34. The minimum Gasteiger partial charge on any atom is -0.334 e. The van der Waals surface area contributed by atoms with Gasteiger partial charge >= 0.3 is 6.03 Å². The van der Waals surface area contributed by atoms with Crippen LogP contribution in [0, 0.1) is 5.92 Å². The average molecular weight is 362 g/mol. The van der Waals surface area contributed by atoms with Gasteiger partial charge in [-0.15, -0.1) is 0 Å². The third-order valence-corrected chi connectivity index (χ3v) is 7.02. The molecule has 4 fully saturated rings. The van der Waals surface area contributed by atoms with E-state index < -0.39 is 11.6 Å². The molecule has 0 aromatic carbocycles. The first-order valence-corrected chi connectivity index (χ1v) is 10.2. The number of nitrogens with zero attached hydrogens (tertiary/aromatic N) is 2. The van der Waals surface area contributed by atoms with Crippen LogP contribution in [0.1, 0.15) is 58.3 Å². The predicted octanol–water partition coefficient (Wildman–Crippen LogP) is 1.23. The summed E-state index contributed by atoms with van der Waals surface area (Å²) in [6, 6.07) is 0.0560. The molecule has 26 heavy (non-hydrogen) atoms. The number of carbonyl (C=O) groups excluding carboxylic acids is 3. The van der Waals surface area contributed by atoms with Crippen molar-refractivity contribution in [3.8, 4) is 0 Å². The first kappa shape index (κ1) is 17.8. The predicted molar refractivity (Wildman–Crippen MR) is 96.4 cm³/mol. The number of imide groups is 1. The zero-order chi connectivity index (χ0) is 18.3. The summed E-state index contributed by atoms with van der Waals surface area (Å²) < 4.78 is 0. The number of fused-ring (bicyclic) bond motifs is 2. The van der Waals surface area contributed by atoms with Gasteiger partial charge in [-0.2, -0.15) is 0 Å². The molecule has 0 radical (unpaired) electrons. The number of rotatable bonds is 3. The van der Waals surface area contributed by atoms with Crippen LogP contribution in [0.15, 0.2) is 0 Å². The molecule has 3 heterocycles. The van der Waals surface area contributed by atoms with Crippen LogP contribution in [0.3, 0.4) is 0 Å². The molecule has 7 nitrogen and oxygen atoms in total. The van der Waals surface area contributed by atoms with Crippen molar-refractivity contribution in [2.24, 2.45) is 5.92 Å². The number of amides is 4. The lowest BCUT2D eigenvalue weighted by Crippen LogP contribution is -2.51. The summed E-state index contributed by atoms with van der Waals surface area (Å²) in [7, 11) is 0. The van der Waals surface area contributed by atoms with Gasteiger partial charge in [0.25, 0.3) is 5.91 Å². The van der Waals surface area contributed by atoms with Crippen LogP contribution in [0.25, 0.3) is 0 Å². The zero-order valence-corrected chi connectivity index (χ0v) is 15.6. The maximum atomic E-state index is 13.0. The molecule has 1 saturated carbocycles. The van der Waals surface area contributed by atoms with Gasteiger partial charge in [0.1, 0.15) is 12.1 Å². The maximum absolute atomic E-state index is 13.0. The Labute approximate surface area is 154 Å². The Morgan fingerprint density at radius 3 is 2.58 bits per heavy atom. The summed E-state index contributed by atoms with van der Waals surface area (Å²) in [5, 5.41) is 6.30. The monoisotopic (exact) mass is 362 g/mol. The van der Waals surface area contributed by atoms with Crippen molar-refractivity contribution >= 4 is 17.8 Å². The van der Waals surface area contributed by atoms with Crippen molar-refractivity contribution in [3.63, 3.8) is 0 Å². The zero-order valence-electron chi connectivity index (χ0n) is 15.6. The fraction of sp³-hybridized carbons (Fsp3) is 0.842. The quantitative estimate of drug-likeness (QED) is 0.740. The van der Waals surface area contributed by atoms with Crippen molar-refractivity contribution in [1.29, 1.82) is 0 Å². The van der Waals surface area contributed by atoms with Gasteiger partial charge < -0.3 is 15.5 Å². The molecule has 2 N–H and O–H groups in total. The standard InChI is InChI=1S/C19H30N4O3/c1-2-13-5-8-19(9-6-13)17(25)22(18(26)21-19)12-16(24)23-14-3-4-15(23)11-20-10-7-14/h13-15,20H,2-12H2,1H3,(H,21,26). The molecule has 7 heteroatoms. The van der Waals surface area contributed by atoms with E-state index in [-0.39, 0.29) is 30.4 Å². The van der Waals surface area contributed by atoms with E-state index in [1.165, 1.54) is 4.90 Å². The lowest BCUT2D eigenvalue weighted by Gasteiger charge is -2.34. The number of nitrogens with one attached hydrogen (secondary N) is 2.